The van der Waals surface area contributed by atoms with E-state index in [-0.39, 0.29) is 0 Å². The van der Waals surface area contributed by atoms with Crippen LogP contribution in [0.5, 0.6) is 0 Å². The summed E-state index contributed by atoms with van der Waals surface area (Å²) in [5, 5.41) is 3.99. The lowest BCUT2D eigenvalue weighted by molar-refractivity contribution is -0.119. The van der Waals surface area contributed by atoms with Crippen LogP contribution >= 0.6 is 11.3 Å². The van der Waals surface area contributed by atoms with Gasteiger partial charge >= 0.3 is 11.9 Å². The predicted molar refractivity (Wildman–Crippen MR) is 162 cm³/mol. The number of fused-ring (bicyclic) bond motifs is 3. The number of para-hydroxylation sites is 1. The molecule has 1 N–H and O–H groups in total. The van der Waals surface area contributed by atoms with Crippen LogP contribution in [0.25, 0.3) is 10.9 Å². The highest BCUT2D eigenvalue weighted by Crippen LogP contribution is 2.42. The monoisotopic (exact) mass is 583 g/mol. The molecule has 216 valence electrons. The molecule has 0 saturated carbocycles. The van der Waals surface area contributed by atoms with Crippen molar-refractivity contribution in [1.29, 1.82) is 0 Å². The lowest BCUT2D eigenvalue weighted by Crippen LogP contribution is -2.32. The number of thiophene rings is 1. The number of likely N-dealkylation sites (N-methyl/N-ethyl adjacent to an activating group) is 1. The normalized spacial score (nSPS) is 16.4. The zero-order valence-corrected chi connectivity index (χ0v) is 24.6. The Bertz CT molecular complexity index is 1670. The van der Waals surface area contributed by atoms with Gasteiger partial charge < -0.3 is 14.8 Å². The summed E-state index contributed by atoms with van der Waals surface area (Å²) < 4.78 is 10.7. The highest BCUT2D eigenvalue weighted by Gasteiger charge is 2.31. The van der Waals surface area contributed by atoms with Gasteiger partial charge in [0.2, 0.25) is 0 Å². The molecule has 2 aromatic carbocycles. The third-order valence-corrected chi connectivity index (χ3v) is 9.46. The van der Waals surface area contributed by atoms with Crippen LogP contribution in [0.1, 0.15) is 67.2 Å². The average Bonchev–Trinajstić information content (AvgIpc) is 3.39. The Morgan fingerprint density at radius 1 is 1.00 bits per heavy atom. The topological polar surface area (TPSA) is 97.8 Å². The van der Waals surface area contributed by atoms with Crippen molar-refractivity contribution in [3.8, 4) is 0 Å². The van der Waals surface area contributed by atoms with Gasteiger partial charge in [0.25, 0.3) is 5.91 Å². The van der Waals surface area contributed by atoms with E-state index in [0.29, 0.717) is 34.0 Å². The van der Waals surface area contributed by atoms with E-state index < -0.39 is 24.5 Å². The van der Waals surface area contributed by atoms with Gasteiger partial charge in [0.15, 0.2) is 6.61 Å². The second-order valence-corrected chi connectivity index (χ2v) is 11.8. The molecule has 9 heteroatoms. The molecule has 0 fully saturated rings. The lowest BCUT2D eigenvalue weighted by atomic mass is 9.83. The molecule has 6 rings (SSSR count). The van der Waals surface area contributed by atoms with Crippen molar-refractivity contribution in [1.82, 2.24) is 9.88 Å². The second-order valence-electron chi connectivity index (χ2n) is 10.7. The van der Waals surface area contributed by atoms with Crippen LogP contribution in [0, 0.1) is 0 Å². The highest BCUT2D eigenvalue weighted by molar-refractivity contribution is 7.17. The number of rotatable bonds is 7. The molecule has 0 bridgehead atoms. The van der Waals surface area contributed by atoms with Crippen LogP contribution in [0.4, 0.5) is 5.00 Å². The minimum Gasteiger partial charge on any atom is -0.465 e. The van der Waals surface area contributed by atoms with Crippen molar-refractivity contribution < 1.29 is 23.9 Å². The summed E-state index contributed by atoms with van der Waals surface area (Å²) in [5.74, 6) is -1.19. The van der Waals surface area contributed by atoms with Crippen LogP contribution in [0.2, 0.25) is 0 Å². The minimum atomic E-state index is -0.553. The van der Waals surface area contributed by atoms with Gasteiger partial charge in [-0.2, -0.15) is 0 Å². The summed E-state index contributed by atoms with van der Waals surface area (Å²) in [6, 6.07) is 17.9. The van der Waals surface area contributed by atoms with Crippen molar-refractivity contribution in [3.05, 3.63) is 93.0 Å². The maximum absolute atomic E-state index is 13.5. The largest absolute Gasteiger partial charge is 0.465 e. The molecule has 42 heavy (non-hydrogen) atoms. The summed E-state index contributed by atoms with van der Waals surface area (Å²) in [4.78, 5) is 47.6. The molecule has 1 unspecified atom stereocenters. The van der Waals surface area contributed by atoms with E-state index in [1.54, 1.807) is 0 Å². The molecule has 1 aliphatic carbocycles. The minimum absolute atomic E-state index is 0.345. The first-order chi connectivity index (χ1) is 20.5. The van der Waals surface area contributed by atoms with E-state index in [9.17, 15) is 14.4 Å². The smallest absolute Gasteiger partial charge is 0.341 e. The molecule has 3 heterocycles. The number of hydrogen-bond donors (Lipinski definition) is 1. The third-order valence-electron chi connectivity index (χ3n) is 8.29. The van der Waals surface area contributed by atoms with E-state index in [0.717, 1.165) is 66.0 Å². The first kappa shape index (κ1) is 28.1. The van der Waals surface area contributed by atoms with E-state index >= 15 is 0 Å². The van der Waals surface area contributed by atoms with Crippen LogP contribution in [-0.4, -0.2) is 54.5 Å². The average molecular weight is 584 g/mol. The zero-order valence-electron chi connectivity index (χ0n) is 23.8. The van der Waals surface area contributed by atoms with Gasteiger partial charge in [0.1, 0.15) is 5.00 Å². The van der Waals surface area contributed by atoms with Gasteiger partial charge in [-0.05, 0) is 48.9 Å². The SMILES string of the molecule is CCN1CCc2nc3ccccc3c(C(=O)OCC(=O)Nc3sc4c(c3C(=O)OC)CCC(c3ccccc3)C4)c2C1. The van der Waals surface area contributed by atoms with Crippen LogP contribution in [0.3, 0.4) is 0 Å². The van der Waals surface area contributed by atoms with Crippen LogP contribution < -0.4 is 5.32 Å². The summed E-state index contributed by atoms with van der Waals surface area (Å²) in [6.45, 7) is 3.97. The molecule has 8 nitrogen and oxygen atoms in total. The Balaban J connectivity index is 1.21. The fourth-order valence-corrected chi connectivity index (χ4v) is 7.45. The number of anilines is 1. The predicted octanol–water partition coefficient (Wildman–Crippen LogP) is 5.53. The van der Waals surface area contributed by atoms with Gasteiger partial charge in [0.05, 0.1) is 23.8 Å². The summed E-state index contributed by atoms with van der Waals surface area (Å²) in [6.07, 6.45) is 3.16. The van der Waals surface area contributed by atoms with Crippen molar-refractivity contribution in [3.63, 3.8) is 0 Å². The number of amides is 1. The van der Waals surface area contributed by atoms with Gasteiger partial charge in [-0.25, -0.2) is 9.59 Å². The molecule has 0 saturated heterocycles. The van der Waals surface area contributed by atoms with E-state index in [1.165, 1.54) is 24.0 Å². The van der Waals surface area contributed by atoms with Gasteiger partial charge in [0, 0.05) is 41.0 Å². The van der Waals surface area contributed by atoms with Gasteiger partial charge in [-0.3, -0.25) is 14.7 Å². The molecular weight excluding hydrogens is 550 g/mol. The Morgan fingerprint density at radius 2 is 1.79 bits per heavy atom. The maximum Gasteiger partial charge on any atom is 0.341 e. The molecule has 1 atom stereocenters. The molecule has 1 amide bonds. The van der Waals surface area contributed by atoms with E-state index in [4.69, 9.17) is 14.5 Å². The number of nitrogens with zero attached hydrogens (tertiary/aromatic N) is 2. The quantitative estimate of drug-likeness (QED) is 0.286. The lowest BCUT2D eigenvalue weighted by Gasteiger charge is -2.28. The number of hydrogen-bond acceptors (Lipinski definition) is 8. The number of carbonyl (C=O) groups excluding carboxylic acids is 3. The maximum atomic E-state index is 13.5. The first-order valence-corrected chi connectivity index (χ1v) is 15.2. The van der Waals surface area contributed by atoms with Gasteiger partial charge in [-0.1, -0.05) is 55.5 Å². The van der Waals surface area contributed by atoms with E-state index in [2.05, 4.69) is 29.3 Å². The Morgan fingerprint density at radius 3 is 2.57 bits per heavy atom. The molecule has 2 aromatic heterocycles. The summed E-state index contributed by atoms with van der Waals surface area (Å²) in [5.41, 5.74) is 5.56. The van der Waals surface area contributed by atoms with Crippen molar-refractivity contribution in [2.45, 2.75) is 45.1 Å². The molecule has 0 radical (unpaired) electrons. The number of benzene rings is 2. The number of methoxy groups -OCH3 is 1. The fourth-order valence-electron chi connectivity index (χ4n) is 6.12. The summed E-state index contributed by atoms with van der Waals surface area (Å²) in [7, 11) is 1.34. The number of nitrogens with one attached hydrogen (secondary N) is 1. The third kappa shape index (κ3) is 5.42. The number of esters is 2. The second kappa shape index (κ2) is 12.0. The molecule has 4 aromatic rings. The Kier molecular flexibility index (Phi) is 8.04. The highest BCUT2D eigenvalue weighted by atomic mass is 32.1. The van der Waals surface area contributed by atoms with Crippen molar-refractivity contribution in [2.24, 2.45) is 0 Å². The number of aromatic nitrogens is 1. The first-order valence-electron chi connectivity index (χ1n) is 14.3. The summed E-state index contributed by atoms with van der Waals surface area (Å²) >= 11 is 1.40. The van der Waals surface area contributed by atoms with E-state index in [1.807, 2.05) is 42.5 Å². The van der Waals surface area contributed by atoms with Crippen LogP contribution in [0.15, 0.2) is 54.6 Å². The van der Waals surface area contributed by atoms with Gasteiger partial charge in [-0.15, -0.1) is 11.3 Å². The standard InChI is InChI=1S/C33H33N3O5S/c1-3-36-16-15-26-24(18-36)29(22-11-7-8-12-25(22)34-26)33(39)41-19-28(37)35-31-30(32(38)40-2)23-14-13-21(17-27(23)42-31)20-9-5-4-6-10-20/h4-12,21H,3,13-19H2,1-2H3,(H,35,37). The van der Waals surface area contributed by atoms with Crippen molar-refractivity contribution >= 4 is 45.1 Å². The fraction of sp³-hybridized carbons (Fsp3) is 0.333. The Hall–Kier alpha value is -4.08. The zero-order chi connectivity index (χ0) is 29.2. The number of carbonyl (C=O) groups is 3. The molecule has 0 spiro atoms. The van der Waals surface area contributed by atoms with Crippen molar-refractivity contribution in [2.75, 3.05) is 32.1 Å². The molecular formula is C33H33N3O5S. The Labute approximate surface area is 248 Å². The van der Waals surface area contributed by atoms with Crippen LogP contribution in [-0.2, 0) is 40.1 Å². The molecule has 2 aliphatic rings. The molecule has 1 aliphatic heterocycles. The number of pyridine rings is 1. The number of ether oxygens (including phenoxy) is 2.